The smallest absolute Gasteiger partial charge is 0.00470 e. The normalized spacial score (nSPS) is 28.2. The molecule has 0 nitrogen and oxygen atoms in total. The van der Waals surface area contributed by atoms with E-state index >= 15 is 0 Å². The van der Waals surface area contributed by atoms with Gasteiger partial charge in [0.1, 0.15) is 0 Å². The Hall–Kier alpha value is 1.05. The van der Waals surface area contributed by atoms with Gasteiger partial charge in [0.15, 0.2) is 0 Å². The molecule has 1 rings (SSSR count). The molecule has 0 bridgehead atoms. The third kappa shape index (κ3) is 4.56. The van der Waals surface area contributed by atoms with Gasteiger partial charge in [-0.25, -0.2) is 10.0 Å². The quantitative estimate of drug-likeness (QED) is 0.455. The highest BCUT2D eigenvalue weighted by Crippen LogP contribution is 2.65. The van der Waals surface area contributed by atoms with E-state index in [-0.39, 0.29) is 10.0 Å². The summed E-state index contributed by atoms with van der Waals surface area (Å²) in [4.78, 5) is 0. The van der Waals surface area contributed by atoms with Crippen molar-refractivity contribution in [1.82, 2.24) is 0 Å². The van der Waals surface area contributed by atoms with E-state index in [0.717, 1.165) is 16.4 Å². The zero-order valence-corrected chi connectivity index (χ0v) is 15.8. The van der Waals surface area contributed by atoms with Gasteiger partial charge in [0.25, 0.3) is 0 Å². The zero-order chi connectivity index (χ0) is 14.0. The predicted molar refractivity (Wildman–Crippen MR) is 98.2 cm³/mol. The summed E-state index contributed by atoms with van der Waals surface area (Å²) in [6.45, 7) is 9.52. The van der Waals surface area contributed by atoms with E-state index in [9.17, 15) is 0 Å². The molecule has 3 heteroatoms. The first-order chi connectivity index (χ1) is 8.25. The first-order valence-electron chi connectivity index (χ1n) is 7.45. The molecular formula is C15H34S3. The molecule has 18 heavy (non-hydrogen) atoms. The van der Waals surface area contributed by atoms with Crippen molar-refractivity contribution in [1.29, 1.82) is 0 Å². The summed E-state index contributed by atoms with van der Waals surface area (Å²) in [6, 6.07) is 0. The fourth-order valence-electron chi connectivity index (χ4n) is 2.73. The molecule has 1 aliphatic rings. The summed E-state index contributed by atoms with van der Waals surface area (Å²) in [5.41, 5.74) is 0. The molecule has 0 aliphatic heterocycles. The van der Waals surface area contributed by atoms with Crippen molar-refractivity contribution in [3.05, 3.63) is 0 Å². The van der Waals surface area contributed by atoms with Gasteiger partial charge in [0.2, 0.25) is 0 Å². The molecule has 3 atom stereocenters. The van der Waals surface area contributed by atoms with Crippen LogP contribution in [0.3, 0.4) is 0 Å². The van der Waals surface area contributed by atoms with E-state index in [1.54, 1.807) is 0 Å². The van der Waals surface area contributed by atoms with E-state index in [1.165, 1.54) is 36.5 Å². The predicted octanol–water partition coefficient (Wildman–Crippen LogP) is 5.32. The summed E-state index contributed by atoms with van der Waals surface area (Å²) in [5, 5.41) is 1.98. The van der Waals surface area contributed by atoms with Crippen LogP contribution in [0.25, 0.3) is 0 Å². The van der Waals surface area contributed by atoms with Crippen molar-refractivity contribution in [3.63, 3.8) is 0 Å². The van der Waals surface area contributed by atoms with Crippen LogP contribution in [0.1, 0.15) is 47.0 Å². The van der Waals surface area contributed by atoms with Crippen LogP contribution in [-0.2, 0) is 0 Å². The third-order valence-electron chi connectivity index (χ3n) is 4.59. The van der Waals surface area contributed by atoms with Crippen molar-refractivity contribution in [3.8, 4) is 0 Å². The van der Waals surface area contributed by atoms with Crippen LogP contribution >= 0.6 is 30.7 Å². The van der Waals surface area contributed by atoms with Crippen LogP contribution in [0, 0.1) is 5.92 Å². The first-order valence-corrected chi connectivity index (χ1v) is 13.2. The molecule has 1 saturated carbocycles. The minimum absolute atomic E-state index is 0.349. The molecule has 0 N–H and O–H groups in total. The maximum atomic E-state index is 5.09. The van der Waals surface area contributed by atoms with Crippen molar-refractivity contribution in [2.75, 3.05) is 29.8 Å². The van der Waals surface area contributed by atoms with Crippen LogP contribution in [0.5, 0.6) is 0 Å². The van der Waals surface area contributed by atoms with Gasteiger partial charge in [-0.2, -0.15) is 9.06 Å². The monoisotopic (exact) mass is 310 g/mol. The van der Waals surface area contributed by atoms with E-state index < -0.39 is 9.06 Å². The summed E-state index contributed by atoms with van der Waals surface area (Å²) >= 11 is 5.09. The average Bonchev–Trinajstić information content (AvgIpc) is 3.11. The average molecular weight is 311 g/mol. The van der Waals surface area contributed by atoms with Gasteiger partial charge in [-0.15, -0.1) is 11.7 Å². The number of hydrogen-bond donors (Lipinski definition) is 1. The molecule has 0 radical (unpaired) electrons. The highest BCUT2D eigenvalue weighted by atomic mass is 33.1. The molecule has 0 aromatic carbocycles. The topological polar surface area (TPSA) is 0 Å². The summed E-state index contributed by atoms with van der Waals surface area (Å²) < 4.78 is 0. The number of rotatable bonds is 8. The Kier molecular flexibility index (Phi) is 6.34. The van der Waals surface area contributed by atoms with Gasteiger partial charge in [-0.3, -0.25) is 0 Å². The van der Waals surface area contributed by atoms with Gasteiger partial charge >= 0.3 is 0 Å². The van der Waals surface area contributed by atoms with Crippen LogP contribution < -0.4 is 0 Å². The van der Waals surface area contributed by atoms with Crippen LogP contribution in [0.4, 0.5) is 0 Å². The molecule has 112 valence electrons. The fraction of sp³-hybridized carbons (Fsp3) is 1.00. The Bertz CT molecular complexity index is 258. The molecule has 1 fully saturated rings. The summed E-state index contributed by atoms with van der Waals surface area (Å²) in [5.74, 6) is 5.02. The second kappa shape index (κ2) is 6.67. The SMILES string of the molecule is CCS(C)(S)C(CC(C)C)CS(C)(CC)C1CC1. The number of thiol groups is 1. The molecule has 0 aromatic rings. The maximum Gasteiger partial charge on any atom is 0.00470 e. The Balaban J connectivity index is 2.76. The Labute approximate surface area is 124 Å². The van der Waals surface area contributed by atoms with Gasteiger partial charge < -0.3 is 0 Å². The standard InChI is InChI=1S/C15H34S3/c1-7-17(5,14-9-10-14)12-15(11-13(3)4)18(6,16)8-2/h13-16H,7-12H2,1-6H3. The second-order valence-corrected chi connectivity index (χ2v) is 16.9. The molecule has 1 aliphatic carbocycles. The van der Waals surface area contributed by atoms with Crippen molar-refractivity contribution in [2.24, 2.45) is 5.92 Å². The van der Waals surface area contributed by atoms with E-state index in [0.29, 0.717) is 0 Å². The summed E-state index contributed by atoms with van der Waals surface area (Å²) in [7, 11) is -1.04. The van der Waals surface area contributed by atoms with E-state index in [2.05, 4.69) is 40.2 Å². The van der Waals surface area contributed by atoms with Gasteiger partial charge in [-0.05, 0) is 60.2 Å². The van der Waals surface area contributed by atoms with E-state index in [4.69, 9.17) is 11.7 Å². The summed E-state index contributed by atoms with van der Waals surface area (Å²) in [6.07, 6.45) is 9.48. The molecular weight excluding hydrogens is 276 g/mol. The van der Waals surface area contributed by atoms with Gasteiger partial charge in [0.05, 0.1) is 0 Å². The lowest BCUT2D eigenvalue weighted by atomic mass is 10.1. The molecule has 0 aromatic heterocycles. The van der Waals surface area contributed by atoms with Crippen molar-refractivity contribution in [2.45, 2.75) is 57.5 Å². The Morgan fingerprint density at radius 1 is 1.11 bits per heavy atom. The third-order valence-corrected chi connectivity index (χ3v) is 14.0. The largest absolute Gasteiger partial charge is 0.240 e. The van der Waals surface area contributed by atoms with Gasteiger partial charge in [-0.1, -0.05) is 27.7 Å². The van der Waals surface area contributed by atoms with Crippen LogP contribution in [0.2, 0.25) is 0 Å². The maximum absolute atomic E-state index is 5.09. The Morgan fingerprint density at radius 2 is 1.67 bits per heavy atom. The van der Waals surface area contributed by atoms with E-state index in [1.807, 2.05) is 0 Å². The van der Waals surface area contributed by atoms with Crippen LogP contribution in [-0.4, -0.2) is 40.3 Å². The molecule has 0 saturated heterocycles. The minimum Gasteiger partial charge on any atom is -0.240 e. The molecule has 0 spiro atoms. The molecule has 0 heterocycles. The van der Waals surface area contributed by atoms with Crippen LogP contribution in [0.15, 0.2) is 0 Å². The second-order valence-electron chi connectivity index (χ2n) is 6.65. The van der Waals surface area contributed by atoms with Crippen molar-refractivity contribution < 1.29 is 0 Å². The minimum atomic E-state index is -0.689. The number of hydrogen-bond acceptors (Lipinski definition) is 1. The molecule has 3 unspecified atom stereocenters. The van der Waals surface area contributed by atoms with Crippen molar-refractivity contribution >= 4 is 30.7 Å². The fourth-order valence-corrected chi connectivity index (χ4v) is 10.2. The highest BCUT2D eigenvalue weighted by molar-refractivity contribution is 8.88. The van der Waals surface area contributed by atoms with Gasteiger partial charge in [0, 0.05) is 5.25 Å². The highest BCUT2D eigenvalue weighted by Gasteiger charge is 2.39. The lowest BCUT2D eigenvalue weighted by Crippen LogP contribution is -2.27. The molecule has 0 amide bonds. The first kappa shape index (κ1) is 17.1. The Morgan fingerprint density at radius 3 is 2.00 bits per heavy atom. The lowest BCUT2D eigenvalue weighted by molar-refractivity contribution is 0.585. The zero-order valence-electron chi connectivity index (χ0n) is 13.2. The lowest BCUT2D eigenvalue weighted by Gasteiger charge is -2.46.